The first kappa shape index (κ1) is 32.8. The Labute approximate surface area is 310 Å². The molecule has 5 N–H and O–H groups in total. The van der Waals surface area contributed by atoms with Crippen LogP contribution in [-0.4, -0.2) is 79.6 Å². The molecule has 9 rings (SSSR count). The number of fused-ring (bicyclic) bond motifs is 2. The van der Waals surface area contributed by atoms with E-state index in [-0.39, 0.29) is 5.91 Å². The number of hydrogen-bond donors (Lipinski definition) is 5. The summed E-state index contributed by atoms with van der Waals surface area (Å²) in [5.74, 6) is 3.29. The summed E-state index contributed by atoms with van der Waals surface area (Å²) in [6.45, 7) is 6.98. The van der Waals surface area contributed by atoms with Crippen LogP contribution in [0, 0.1) is 19.3 Å². The van der Waals surface area contributed by atoms with E-state index in [1.807, 2.05) is 72.6 Å². The van der Waals surface area contributed by atoms with Gasteiger partial charge in [0, 0.05) is 47.2 Å². The zero-order chi connectivity index (χ0) is 35.4. The third-order valence-corrected chi connectivity index (χ3v) is 11.2. The minimum Gasteiger partial charge on any atom is -0.325 e. The maximum absolute atomic E-state index is 14.1. The van der Waals surface area contributed by atoms with E-state index in [1.54, 1.807) is 18.1 Å². The molecule has 1 aromatic carbocycles. The van der Waals surface area contributed by atoms with Crippen LogP contribution in [-0.2, 0) is 4.79 Å². The number of carbonyl (C=O) groups is 1. The van der Waals surface area contributed by atoms with Gasteiger partial charge in [-0.2, -0.15) is 20.2 Å². The number of hydrazine groups is 2. The lowest BCUT2D eigenvalue weighted by Gasteiger charge is -2.35. The van der Waals surface area contributed by atoms with Crippen LogP contribution in [0.4, 0.5) is 17.3 Å². The number of rotatable bonds is 10. The lowest BCUT2D eigenvalue weighted by molar-refractivity contribution is -0.119. The molecule has 5 aliphatic heterocycles. The van der Waals surface area contributed by atoms with E-state index in [0.717, 1.165) is 94.6 Å². The SMILES string of the molecule is Cc1cc(NN2C=C(N3CCCCC3)[N+]3C(=CN=C3C3(C(=O)Nc4ccc(SC5=CN(Nc6cc(C)[nH]n6)CC6=C(Cl)N=C[N+]56)cc4)CC3)C2)n[nH]1. The van der Waals surface area contributed by atoms with Gasteiger partial charge >= 0.3 is 0 Å². The number of benzene rings is 1. The van der Waals surface area contributed by atoms with Crippen LogP contribution in [0.15, 0.2) is 97.3 Å². The highest BCUT2D eigenvalue weighted by molar-refractivity contribution is 8.03. The summed E-state index contributed by atoms with van der Waals surface area (Å²) in [6.07, 6.45) is 12.8. The van der Waals surface area contributed by atoms with Crippen molar-refractivity contribution in [2.45, 2.75) is 50.8 Å². The predicted molar refractivity (Wildman–Crippen MR) is 203 cm³/mol. The number of halogens is 1. The Bertz CT molecular complexity index is 2080. The van der Waals surface area contributed by atoms with Crippen LogP contribution in [0.5, 0.6) is 0 Å². The molecule has 7 heterocycles. The van der Waals surface area contributed by atoms with E-state index in [0.29, 0.717) is 24.1 Å². The molecule has 2 aromatic heterocycles. The number of thioether (sulfide) groups is 1. The lowest BCUT2D eigenvalue weighted by atomic mass is 10.0. The molecule has 3 aromatic rings. The van der Waals surface area contributed by atoms with E-state index in [1.165, 1.54) is 6.42 Å². The molecule has 17 heteroatoms. The van der Waals surface area contributed by atoms with Gasteiger partial charge in [0.2, 0.25) is 22.3 Å². The summed E-state index contributed by atoms with van der Waals surface area (Å²) in [5.41, 5.74) is 10.7. The number of anilines is 3. The summed E-state index contributed by atoms with van der Waals surface area (Å²) in [7, 11) is 0. The average Bonchev–Trinajstić information content (AvgIpc) is 3.41. The van der Waals surface area contributed by atoms with E-state index in [2.05, 4.69) is 62.6 Å². The Balaban J connectivity index is 0.898. The Morgan fingerprint density at radius 3 is 2.29 bits per heavy atom. The number of aliphatic imine (C=N–C) groups is 2. The molecule has 0 atom stereocenters. The fourth-order valence-electron chi connectivity index (χ4n) is 7.06. The molecule has 1 saturated heterocycles. The third kappa shape index (κ3) is 6.25. The molecule has 0 unspecified atom stereocenters. The number of aromatic amines is 2. The molecule has 6 aliphatic rings. The van der Waals surface area contributed by atoms with Crippen molar-refractivity contribution in [1.29, 1.82) is 0 Å². The second kappa shape index (κ2) is 13.2. The molecule has 1 aliphatic carbocycles. The maximum Gasteiger partial charge on any atom is 0.283 e. The van der Waals surface area contributed by atoms with E-state index in [4.69, 9.17) is 16.6 Å². The van der Waals surface area contributed by atoms with Crippen molar-refractivity contribution in [3.63, 3.8) is 0 Å². The fraction of sp³-hybridized carbons (Fsp3) is 0.343. The van der Waals surface area contributed by atoms with Crippen molar-refractivity contribution < 1.29 is 4.79 Å². The summed E-state index contributed by atoms with van der Waals surface area (Å²) >= 11 is 8.04. The van der Waals surface area contributed by atoms with Gasteiger partial charge in [-0.1, -0.05) is 11.6 Å². The number of aromatic nitrogens is 4. The summed E-state index contributed by atoms with van der Waals surface area (Å²) in [6, 6.07) is 11.8. The molecule has 2 radical (unpaired) electrons. The smallest absolute Gasteiger partial charge is 0.283 e. The topological polar surface area (TPSA) is 157 Å². The Morgan fingerprint density at radius 1 is 0.942 bits per heavy atom. The number of nitrogens with one attached hydrogen (secondary N) is 5. The van der Waals surface area contributed by atoms with Gasteiger partial charge in [0.15, 0.2) is 16.8 Å². The van der Waals surface area contributed by atoms with Crippen LogP contribution in [0.2, 0.25) is 0 Å². The predicted octanol–water partition coefficient (Wildman–Crippen LogP) is 5.31. The van der Waals surface area contributed by atoms with Crippen molar-refractivity contribution in [2.24, 2.45) is 15.4 Å². The first-order valence-corrected chi connectivity index (χ1v) is 18.7. The highest BCUT2D eigenvalue weighted by atomic mass is 35.5. The largest absolute Gasteiger partial charge is 0.325 e. The van der Waals surface area contributed by atoms with Crippen LogP contribution in [0.25, 0.3) is 0 Å². The van der Waals surface area contributed by atoms with Gasteiger partial charge in [0.1, 0.15) is 24.7 Å². The second-order valence-electron chi connectivity index (χ2n) is 13.8. The minimum absolute atomic E-state index is 0.0325. The van der Waals surface area contributed by atoms with Crippen LogP contribution in [0.3, 0.4) is 0 Å². The number of amides is 1. The zero-order valence-corrected chi connectivity index (χ0v) is 30.4. The molecular formula is C35H39ClN14OS+2. The number of hydrogen-bond acceptors (Lipinski definition) is 13. The van der Waals surface area contributed by atoms with Crippen LogP contribution >= 0.6 is 23.4 Å². The number of amidine groups is 1. The first-order chi connectivity index (χ1) is 25.3. The van der Waals surface area contributed by atoms with Gasteiger partial charge in [-0.15, -0.1) is 0 Å². The standard InChI is InChI=1S/C35H39ClN14OS/c1-22-14-28(42-40-22)44-47-17-25-16-37-33(50(25)30(19-47)46-12-4-3-5-13-46)35(10-11-35)34(51)39-24-6-8-26(9-7-24)52-31-20-48(45-29-15-23(2)41-43-29)18-27-32(36)38-21-49(27)31/h6-9,14-16,19-21H,3-5,10-13,17-18H2,1-2H3,(H,39,51)(H2,40,42,44)(H2,41,43,45)/q+2. The van der Waals surface area contributed by atoms with Crippen molar-refractivity contribution in [3.8, 4) is 0 Å². The molecule has 15 nitrogen and oxygen atoms in total. The molecule has 266 valence electrons. The van der Waals surface area contributed by atoms with Crippen molar-refractivity contribution in [3.05, 3.63) is 93.8 Å². The Hall–Kier alpha value is -5.03. The molecule has 1 saturated carbocycles. The fourth-order valence-corrected chi connectivity index (χ4v) is 8.20. The number of carbonyl (C=O) groups excluding carboxylic acids is 1. The summed E-state index contributed by atoms with van der Waals surface area (Å²) < 4.78 is 0. The van der Waals surface area contributed by atoms with Gasteiger partial charge in [0.25, 0.3) is 18.0 Å². The summed E-state index contributed by atoms with van der Waals surface area (Å²) in [5, 5.41) is 23.2. The van der Waals surface area contributed by atoms with Crippen molar-refractivity contribution in [2.75, 3.05) is 42.3 Å². The number of H-pyrrole nitrogens is 2. The van der Waals surface area contributed by atoms with Crippen LogP contribution < -0.4 is 26.0 Å². The van der Waals surface area contributed by atoms with Crippen LogP contribution in [0.1, 0.15) is 43.5 Å². The average molecular weight is 739 g/mol. The van der Waals surface area contributed by atoms with Crippen molar-refractivity contribution in [1.82, 2.24) is 45.1 Å². The number of piperidine rings is 1. The number of nitrogens with zero attached hydrogens (tertiary/aromatic N) is 9. The monoisotopic (exact) mass is 738 g/mol. The summed E-state index contributed by atoms with van der Waals surface area (Å²) in [4.78, 5) is 31.0. The highest BCUT2D eigenvalue weighted by Gasteiger charge is 2.65. The normalized spacial score (nSPS) is 21.0. The molecule has 52 heavy (non-hydrogen) atoms. The van der Waals surface area contributed by atoms with E-state index >= 15 is 0 Å². The van der Waals surface area contributed by atoms with E-state index in [9.17, 15) is 4.79 Å². The minimum atomic E-state index is -0.692. The van der Waals surface area contributed by atoms with Gasteiger partial charge in [-0.3, -0.25) is 35.9 Å². The lowest BCUT2D eigenvalue weighted by Crippen LogP contribution is -2.53. The van der Waals surface area contributed by atoms with Crippen molar-refractivity contribution >= 4 is 58.8 Å². The maximum atomic E-state index is 14.1. The number of likely N-dealkylation sites (tertiary alicyclic amines) is 1. The molecule has 2 fully saturated rings. The quantitative estimate of drug-likeness (QED) is 0.137. The molecular weight excluding hydrogens is 700 g/mol. The molecule has 0 spiro atoms. The van der Waals surface area contributed by atoms with Gasteiger partial charge in [-0.05, 0) is 91.8 Å². The van der Waals surface area contributed by atoms with E-state index < -0.39 is 5.41 Å². The Morgan fingerprint density at radius 2 is 1.63 bits per heavy atom. The Kier molecular flexibility index (Phi) is 8.33. The molecule has 1 amide bonds. The third-order valence-electron chi connectivity index (χ3n) is 9.86. The second-order valence-corrected chi connectivity index (χ2v) is 15.2. The zero-order valence-electron chi connectivity index (χ0n) is 28.9. The first-order valence-electron chi connectivity index (χ1n) is 17.5. The number of aryl methyl sites for hydroxylation is 2. The highest BCUT2D eigenvalue weighted by Crippen LogP contribution is 2.51. The van der Waals surface area contributed by atoms with Gasteiger partial charge < -0.3 is 10.2 Å². The molecule has 0 bridgehead atoms. The van der Waals surface area contributed by atoms with Gasteiger partial charge in [-0.25, -0.2) is 0 Å². The van der Waals surface area contributed by atoms with Gasteiger partial charge in [0.05, 0.1) is 12.4 Å².